The summed E-state index contributed by atoms with van der Waals surface area (Å²) in [7, 11) is 3.95. The van der Waals surface area contributed by atoms with E-state index >= 15 is 0 Å². The summed E-state index contributed by atoms with van der Waals surface area (Å²) in [5.41, 5.74) is 0.752. The van der Waals surface area contributed by atoms with Gasteiger partial charge in [-0.1, -0.05) is 6.42 Å². The van der Waals surface area contributed by atoms with Crippen molar-refractivity contribution in [3.63, 3.8) is 0 Å². The fourth-order valence-corrected chi connectivity index (χ4v) is 2.11. The lowest BCUT2D eigenvalue weighted by molar-refractivity contribution is 0.148. The molecule has 1 saturated carbocycles. The number of hydrogen-bond donors (Lipinski definition) is 0. The molecule has 0 amide bonds. The van der Waals surface area contributed by atoms with Crippen LogP contribution in [0.3, 0.4) is 0 Å². The van der Waals surface area contributed by atoms with Gasteiger partial charge in [0.1, 0.15) is 0 Å². The molecule has 2 rings (SSSR count). The molecular weight excluding hydrogens is 110 g/mol. The lowest BCUT2D eigenvalue weighted by Crippen LogP contribution is -2.31. The number of hydrogen-bond acceptors (Lipinski definition) is 1. The molecule has 0 aromatic rings. The van der Waals surface area contributed by atoms with Gasteiger partial charge in [-0.15, -0.1) is 0 Å². The van der Waals surface area contributed by atoms with Gasteiger partial charge in [-0.2, -0.15) is 0 Å². The zero-order valence-corrected chi connectivity index (χ0v) is 5.90. The van der Waals surface area contributed by atoms with E-state index in [-0.39, 0.29) is 0 Å². The van der Waals surface area contributed by atoms with Crippen LogP contribution in [-0.2, 0) is 0 Å². The van der Waals surface area contributed by atoms with Crippen molar-refractivity contribution in [2.75, 3.05) is 13.1 Å². The predicted molar refractivity (Wildman–Crippen MR) is 37.8 cm³/mol. The normalized spacial score (nSPS) is 33.0. The molecular formula is C8H14N-. The summed E-state index contributed by atoms with van der Waals surface area (Å²) in [6.07, 6.45) is 5.82. The maximum Gasteiger partial charge on any atom is -0.0183 e. The van der Waals surface area contributed by atoms with Crippen LogP contribution in [0.4, 0.5) is 0 Å². The van der Waals surface area contributed by atoms with Gasteiger partial charge in [0.25, 0.3) is 0 Å². The first-order valence-corrected chi connectivity index (χ1v) is 3.86. The maximum absolute atomic E-state index is 3.95. The first-order valence-electron chi connectivity index (χ1n) is 3.86. The first kappa shape index (κ1) is 5.72. The average molecular weight is 124 g/mol. The largest absolute Gasteiger partial charge is 0.459 e. The molecule has 0 atom stereocenters. The number of nitrogens with zero attached hydrogens (tertiary/aromatic N) is 1. The van der Waals surface area contributed by atoms with Crippen LogP contribution in [0.2, 0.25) is 0 Å². The third-order valence-electron chi connectivity index (χ3n) is 2.93. The van der Waals surface area contributed by atoms with Gasteiger partial charge in [-0.05, 0) is 37.8 Å². The van der Waals surface area contributed by atoms with Gasteiger partial charge in [0.15, 0.2) is 0 Å². The van der Waals surface area contributed by atoms with Crippen LogP contribution < -0.4 is 0 Å². The molecule has 0 N–H and O–H groups in total. The van der Waals surface area contributed by atoms with Crippen molar-refractivity contribution >= 4 is 0 Å². The fourth-order valence-electron chi connectivity index (χ4n) is 2.11. The van der Waals surface area contributed by atoms with Crippen molar-refractivity contribution < 1.29 is 0 Å². The summed E-state index contributed by atoms with van der Waals surface area (Å²) in [5.74, 6) is 0. The van der Waals surface area contributed by atoms with Gasteiger partial charge in [-0.3, -0.25) is 7.05 Å². The SMILES string of the molecule is [CH2-]N1CCC2(CCC2)C1. The van der Waals surface area contributed by atoms with Gasteiger partial charge in [0.05, 0.1) is 0 Å². The minimum Gasteiger partial charge on any atom is -0.459 e. The van der Waals surface area contributed by atoms with Crippen LogP contribution in [0.25, 0.3) is 0 Å². The summed E-state index contributed by atoms with van der Waals surface area (Å²) in [4.78, 5) is 2.22. The van der Waals surface area contributed by atoms with Gasteiger partial charge < -0.3 is 4.90 Å². The molecule has 0 aromatic carbocycles. The lowest BCUT2D eigenvalue weighted by atomic mass is 9.68. The Bertz CT molecular complexity index is 116. The van der Waals surface area contributed by atoms with Crippen LogP contribution in [0.5, 0.6) is 0 Å². The van der Waals surface area contributed by atoms with Crippen molar-refractivity contribution in [1.82, 2.24) is 4.90 Å². The molecule has 0 unspecified atom stereocenters. The second kappa shape index (κ2) is 1.72. The predicted octanol–water partition coefficient (Wildman–Crippen LogP) is 1.65. The second-order valence-corrected chi connectivity index (χ2v) is 3.66. The average Bonchev–Trinajstić information content (AvgIpc) is 2.09. The van der Waals surface area contributed by atoms with E-state index in [1.54, 1.807) is 0 Å². The fraction of sp³-hybridized carbons (Fsp3) is 0.875. The minimum absolute atomic E-state index is 0.752. The summed E-state index contributed by atoms with van der Waals surface area (Å²) >= 11 is 0. The first-order chi connectivity index (χ1) is 4.31. The van der Waals surface area contributed by atoms with E-state index in [0.717, 1.165) is 5.41 Å². The molecule has 0 radical (unpaired) electrons. The Kier molecular flexibility index (Phi) is 1.10. The highest BCUT2D eigenvalue weighted by Crippen LogP contribution is 2.47. The summed E-state index contributed by atoms with van der Waals surface area (Å²) in [5, 5.41) is 0. The molecule has 0 bridgehead atoms. The monoisotopic (exact) mass is 124 g/mol. The molecule has 52 valence electrons. The standard InChI is InChI=1S/C8H14N/c1-9-6-5-8(7-9)3-2-4-8/h1-7H2/q-1. The maximum atomic E-state index is 3.95. The van der Waals surface area contributed by atoms with E-state index in [9.17, 15) is 0 Å². The van der Waals surface area contributed by atoms with Crippen LogP contribution in [0.15, 0.2) is 0 Å². The summed E-state index contributed by atoms with van der Waals surface area (Å²) in [6, 6.07) is 0. The van der Waals surface area contributed by atoms with E-state index in [1.807, 2.05) is 0 Å². The minimum atomic E-state index is 0.752. The summed E-state index contributed by atoms with van der Waals surface area (Å²) < 4.78 is 0. The van der Waals surface area contributed by atoms with Gasteiger partial charge >= 0.3 is 0 Å². The third-order valence-corrected chi connectivity index (χ3v) is 2.93. The second-order valence-electron chi connectivity index (χ2n) is 3.66. The Morgan fingerprint density at radius 3 is 2.22 bits per heavy atom. The zero-order valence-electron chi connectivity index (χ0n) is 5.90. The zero-order chi connectivity index (χ0) is 6.32. The van der Waals surface area contributed by atoms with Crippen molar-refractivity contribution in [3.05, 3.63) is 7.05 Å². The molecule has 1 heteroatoms. The van der Waals surface area contributed by atoms with Crippen molar-refractivity contribution in [2.24, 2.45) is 5.41 Å². The van der Waals surface area contributed by atoms with E-state index in [4.69, 9.17) is 0 Å². The Morgan fingerprint density at radius 2 is 2.00 bits per heavy atom. The van der Waals surface area contributed by atoms with E-state index in [1.165, 1.54) is 38.8 Å². The highest BCUT2D eigenvalue weighted by Gasteiger charge is 2.39. The lowest BCUT2D eigenvalue weighted by Gasteiger charge is -2.39. The third kappa shape index (κ3) is 0.787. The van der Waals surface area contributed by atoms with Crippen molar-refractivity contribution in [2.45, 2.75) is 25.7 Å². The van der Waals surface area contributed by atoms with Gasteiger partial charge in [0, 0.05) is 0 Å². The van der Waals surface area contributed by atoms with E-state index < -0.39 is 0 Å². The van der Waals surface area contributed by atoms with Crippen LogP contribution in [-0.4, -0.2) is 18.0 Å². The van der Waals surface area contributed by atoms with Crippen molar-refractivity contribution in [1.29, 1.82) is 0 Å². The Labute approximate surface area is 57.0 Å². The molecule has 1 aliphatic heterocycles. The molecule has 2 aliphatic rings. The number of rotatable bonds is 0. The van der Waals surface area contributed by atoms with E-state index in [2.05, 4.69) is 11.9 Å². The van der Waals surface area contributed by atoms with Crippen molar-refractivity contribution in [3.8, 4) is 0 Å². The molecule has 0 aromatic heterocycles. The van der Waals surface area contributed by atoms with Crippen LogP contribution in [0.1, 0.15) is 25.7 Å². The number of likely N-dealkylation sites (tertiary alicyclic amines) is 1. The molecule has 1 spiro atoms. The molecule has 1 nitrogen and oxygen atoms in total. The smallest absolute Gasteiger partial charge is 0.0183 e. The summed E-state index contributed by atoms with van der Waals surface area (Å²) in [6.45, 7) is 2.51. The Balaban J connectivity index is 1.99. The Morgan fingerprint density at radius 1 is 1.22 bits per heavy atom. The molecule has 9 heavy (non-hydrogen) atoms. The Hall–Kier alpha value is -0.0400. The van der Waals surface area contributed by atoms with Crippen LogP contribution in [0, 0.1) is 12.5 Å². The topological polar surface area (TPSA) is 3.24 Å². The van der Waals surface area contributed by atoms with Crippen LogP contribution >= 0.6 is 0 Å². The molecule has 1 saturated heterocycles. The highest BCUT2D eigenvalue weighted by atomic mass is 15.1. The van der Waals surface area contributed by atoms with E-state index in [0.29, 0.717) is 0 Å². The highest BCUT2D eigenvalue weighted by molar-refractivity contribution is 4.95. The quantitative estimate of drug-likeness (QED) is 0.444. The van der Waals surface area contributed by atoms with Gasteiger partial charge in [0.2, 0.25) is 0 Å². The molecule has 1 heterocycles. The van der Waals surface area contributed by atoms with Gasteiger partial charge in [-0.25, -0.2) is 0 Å². The molecule has 1 aliphatic carbocycles. The molecule has 2 fully saturated rings.